The number of hydrogen-bond acceptors (Lipinski definition) is 7. The first kappa shape index (κ1) is 25.8. The Hall–Kier alpha value is -3.79. The molecule has 10 heteroatoms. The fourth-order valence-electron chi connectivity index (χ4n) is 4.82. The number of alkyl halides is 2. The molecule has 2 fully saturated rings. The summed E-state index contributed by atoms with van der Waals surface area (Å²) in [5.41, 5.74) is 4.68. The van der Waals surface area contributed by atoms with Crippen LogP contribution in [-0.2, 0) is 0 Å². The van der Waals surface area contributed by atoms with Gasteiger partial charge < -0.3 is 25.8 Å². The lowest BCUT2D eigenvalue weighted by molar-refractivity contribution is -0.0794. The number of carbonyl (C=O) groups is 1. The number of hydrogen-bond donors (Lipinski definition) is 3. The molecule has 3 N–H and O–H groups in total. The van der Waals surface area contributed by atoms with Crippen molar-refractivity contribution in [1.29, 1.82) is 0 Å². The number of nitrogens with one attached hydrogen (secondary N) is 3. The smallest absolute Gasteiger partial charge is 0.261 e. The molecule has 2 aromatic carbocycles. The number of rotatable bonds is 7. The number of likely N-dealkylation sites (N-methyl/N-ethyl adjacent to an activating group) is 1. The van der Waals surface area contributed by atoms with Crippen molar-refractivity contribution in [3.8, 4) is 0 Å². The second kappa shape index (κ2) is 10.5. The van der Waals surface area contributed by atoms with Gasteiger partial charge in [-0.1, -0.05) is 18.2 Å². The topological polar surface area (TPSA) is 85.4 Å². The molecule has 0 bridgehead atoms. The lowest BCUT2D eigenvalue weighted by Crippen LogP contribution is -2.44. The largest absolute Gasteiger partial charge is 0.369 e. The Morgan fingerprint density at radius 1 is 1.00 bits per heavy atom. The number of aromatic nitrogens is 2. The average Bonchev–Trinajstić information content (AvgIpc) is 2.86. The molecule has 1 saturated carbocycles. The van der Waals surface area contributed by atoms with E-state index < -0.39 is 17.9 Å². The van der Waals surface area contributed by atoms with Crippen molar-refractivity contribution in [2.24, 2.45) is 0 Å². The molecule has 1 aromatic heterocycles. The molecule has 2 aliphatic rings. The molecule has 2 heterocycles. The Morgan fingerprint density at radius 2 is 1.66 bits per heavy atom. The molecular formula is C28H33F2N7O. The SMILES string of the molecule is Cc1cccc(C)c1NC(=O)c1cnc(Nc2ccc(N3CCN(C)CC3)cc2)nc1NC1CC(F)(F)C1. The molecule has 0 atom stereocenters. The minimum absolute atomic E-state index is 0.193. The normalized spacial score (nSPS) is 17.6. The summed E-state index contributed by atoms with van der Waals surface area (Å²) in [5, 5.41) is 9.14. The zero-order valence-corrected chi connectivity index (χ0v) is 21.9. The monoisotopic (exact) mass is 521 g/mol. The maximum atomic E-state index is 13.5. The lowest BCUT2D eigenvalue weighted by atomic mass is 9.88. The highest BCUT2D eigenvalue weighted by Crippen LogP contribution is 2.39. The van der Waals surface area contributed by atoms with Gasteiger partial charge in [-0.05, 0) is 56.3 Å². The summed E-state index contributed by atoms with van der Waals surface area (Å²) < 4.78 is 27.0. The number of amides is 1. The summed E-state index contributed by atoms with van der Waals surface area (Å²) in [5.74, 6) is -2.60. The Labute approximate surface area is 221 Å². The Balaban J connectivity index is 1.34. The van der Waals surface area contributed by atoms with Crippen molar-refractivity contribution in [2.75, 3.05) is 54.1 Å². The van der Waals surface area contributed by atoms with Gasteiger partial charge in [0.05, 0.1) is 0 Å². The van der Waals surface area contributed by atoms with Gasteiger partial charge in [-0.25, -0.2) is 13.8 Å². The number of aryl methyl sites for hydroxylation is 2. The maximum absolute atomic E-state index is 13.5. The van der Waals surface area contributed by atoms with E-state index in [1.807, 2.05) is 44.2 Å². The van der Waals surface area contributed by atoms with Crippen LogP contribution in [0.5, 0.6) is 0 Å². The first-order chi connectivity index (χ1) is 18.2. The molecule has 1 aliphatic carbocycles. The van der Waals surface area contributed by atoms with Crippen molar-refractivity contribution in [1.82, 2.24) is 14.9 Å². The zero-order chi connectivity index (χ0) is 26.9. The number of carbonyl (C=O) groups excluding carboxylic acids is 1. The van der Waals surface area contributed by atoms with Crippen LogP contribution >= 0.6 is 0 Å². The van der Waals surface area contributed by atoms with Gasteiger partial charge in [0.1, 0.15) is 11.4 Å². The number of anilines is 5. The van der Waals surface area contributed by atoms with Crippen molar-refractivity contribution in [3.05, 3.63) is 65.4 Å². The molecule has 0 radical (unpaired) electrons. The van der Waals surface area contributed by atoms with Gasteiger partial charge >= 0.3 is 0 Å². The van der Waals surface area contributed by atoms with Crippen LogP contribution < -0.4 is 20.9 Å². The highest BCUT2D eigenvalue weighted by Gasteiger charge is 2.45. The van der Waals surface area contributed by atoms with Crippen LogP contribution in [0.2, 0.25) is 0 Å². The van der Waals surface area contributed by atoms with E-state index in [0.717, 1.165) is 48.7 Å². The van der Waals surface area contributed by atoms with Gasteiger partial charge in [-0.15, -0.1) is 0 Å². The van der Waals surface area contributed by atoms with E-state index in [2.05, 4.69) is 54.9 Å². The average molecular weight is 522 g/mol. The first-order valence-corrected chi connectivity index (χ1v) is 12.9. The summed E-state index contributed by atoms with van der Waals surface area (Å²) >= 11 is 0. The number of nitrogens with zero attached hydrogens (tertiary/aromatic N) is 4. The van der Waals surface area contributed by atoms with Gasteiger partial charge in [-0.3, -0.25) is 4.79 Å². The Kier molecular flexibility index (Phi) is 7.16. The molecule has 1 amide bonds. The number of benzene rings is 2. The van der Waals surface area contributed by atoms with Crippen LogP contribution in [0.15, 0.2) is 48.7 Å². The molecule has 0 unspecified atom stereocenters. The van der Waals surface area contributed by atoms with Gasteiger partial charge in [0, 0.05) is 68.3 Å². The van der Waals surface area contributed by atoms with Crippen molar-refractivity contribution in [2.45, 2.75) is 38.7 Å². The standard InChI is InChI=1S/C28H33F2N7O/c1-18-5-4-6-19(2)24(18)34-26(38)23-17-31-27(35-25(23)32-21-15-28(29,30)16-21)33-20-7-9-22(10-8-20)37-13-11-36(3)12-14-37/h4-10,17,21H,11-16H2,1-3H3,(H,34,38)(H2,31,32,33,35). The highest BCUT2D eigenvalue weighted by molar-refractivity contribution is 6.08. The van der Waals surface area contributed by atoms with Crippen LogP contribution in [0.3, 0.4) is 0 Å². The Bertz CT molecular complexity index is 1280. The maximum Gasteiger partial charge on any atom is 0.261 e. The minimum Gasteiger partial charge on any atom is -0.369 e. The number of para-hydroxylation sites is 1. The minimum atomic E-state index is -2.70. The first-order valence-electron chi connectivity index (χ1n) is 12.9. The summed E-state index contributed by atoms with van der Waals surface area (Å²) in [6.45, 7) is 7.84. The fraction of sp³-hybridized carbons (Fsp3) is 0.393. The molecule has 38 heavy (non-hydrogen) atoms. The second-order valence-corrected chi connectivity index (χ2v) is 10.2. The third kappa shape index (κ3) is 5.85. The molecule has 5 rings (SSSR count). The lowest BCUT2D eigenvalue weighted by Gasteiger charge is -2.36. The molecular weight excluding hydrogens is 488 g/mol. The van der Waals surface area contributed by atoms with Crippen LogP contribution in [0.1, 0.15) is 34.3 Å². The number of piperazine rings is 1. The van der Waals surface area contributed by atoms with E-state index in [-0.39, 0.29) is 30.2 Å². The van der Waals surface area contributed by atoms with Gasteiger partial charge in [-0.2, -0.15) is 4.98 Å². The summed E-state index contributed by atoms with van der Waals surface area (Å²) in [7, 11) is 2.13. The molecule has 0 spiro atoms. The molecule has 200 valence electrons. The fourth-order valence-corrected chi connectivity index (χ4v) is 4.82. The Morgan fingerprint density at radius 3 is 2.29 bits per heavy atom. The van der Waals surface area contributed by atoms with Crippen molar-refractivity contribution in [3.63, 3.8) is 0 Å². The van der Waals surface area contributed by atoms with Gasteiger partial charge in [0.25, 0.3) is 11.8 Å². The van der Waals surface area contributed by atoms with E-state index in [1.165, 1.54) is 6.20 Å². The quantitative estimate of drug-likeness (QED) is 0.401. The molecule has 1 saturated heterocycles. The predicted molar refractivity (Wildman–Crippen MR) is 147 cm³/mol. The summed E-state index contributed by atoms with van der Waals surface area (Å²) in [6, 6.07) is 13.3. The second-order valence-electron chi connectivity index (χ2n) is 10.2. The molecule has 3 aromatic rings. The molecule has 8 nitrogen and oxygen atoms in total. The van der Waals surface area contributed by atoms with Crippen molar-refractivity contribution < 1.29 is 13.6 Å². The van der Waals surface area contributed by atoms with Crippen LogP contribution in [0.25, 0.3) is 0 Å². The van der Waals surface area contributed by atoms with Gasteiger partial charge in [0.2, 0.25) is 5.95 Å². The van der Waals surface area contributed by atoms with Crippen LogP contribution in [0.4, 0.5) is 37.6 Å². The van der Waals surface area contributed by atoms with E-state index in [1.54, 1.807) is 0 Å². The van der Waals surface area contributed by atoms with E-state index in [9.17, 15) is 13.6 Å². The van der Waals surface area contributed by atoms with E-state index in [4.69, 9.17) is 0 Å². The summed E-state index contributed by atoms with van der Waals surface area (Å²) in [6.07, 6.45) is 0.826. The third-order valence-corrected chi connectivity index (χ3v) is 7.18. The highest BCUT2D eigenvalue weighted by atomic mass is 19.3. The van der Waals surface area contributed by atoms with Crippen LogP contribution in [-0.4, -0.2) is 66.0 Å². The summed E-state index contributed by atoms with van der Waals surface area (Å²) in [4.78, 5) is 26.8. The molecule has 1 aliphatic heterocycles. The third-order valence-electron chi connectivity index (χ3n) is 7.18. The van der Waals surface area contributed by atoms with Crippen molar-refractivity contribution >= 4 is 34.7 Å². The number of halogens is 2. The van der Waals surface area contributed by atoms with E-state index in [0.29, 0.717) is 5.69 Å². The predicted octanol–water partition coefficient (Wildman–Crippen LogP) is 5.05. The van der Waals surface area contributed by atoms with Gasteiger partial charge in [0.15, 0.2) is 0 Å². The zero-order valence-electron chi connectivity index (χ0n) is 21.9. The van der Waals surface area contributed by atoms with E-state index >= 15 is 0 Å². The van der Waals surface area contributed by atoms with Crippen LogP contribution in [0, 0.1) is 13.8 Å².